The molecular formula is C15H19NO3. The molecule has 1 unspecified atom stereocenters. The molecule has 0 saturated carbocycles. The average molecular weight is 261 g/mol. The summed E-state index contributed by atoms with van der Waals surface area (Å²) in [6.07, 6.45) is 3.31. The minimum atomic E-state index is -0.998. The third-order valence-electron chi connectivity index (χ3n) is 3.67. The van der Waals surface area contributed by atoms with Crippen molar-refractivity contribution < 1.29 is 14.7 Å². The molecule has 0 fully saturated rings. The summed E-state index contributed by atoms with van der Waals surface area (Å²) in [5.41, 5.74) is 2.69. The van der Waals surface area contributed by atoms with Gasteiger partial charge in [-0.15, -0.1) is 0 Å². The van der Waals surface area contributed by atoms with E-state index in [0.717, 1.165) is 19.3 Å². The van der Waals surface area contributed by atoms with E-state index in [9.17, 15) is 9.59 Å². The van der Waals surface area contributed by atoms with Gasteiger partial charge in [-0.1, -0.05) is 24.3 Å². The summed E-state index contributed by atoms with van der Waals surface area (Å²) in [7, 11) is 0. The number of carbonyl (C=O) groups is 2. The van der Waals surface area contributed by atoms with Crippen LogP contribution < -0.4 is 5.32 Å². The van der Waals surface area contributed by atoms with Gasteiger partial charge in [0.25, 0.3) is 0 Å². The van der Waals surface area contributed by atoms with Gasteiger partial charge in [0.05, 0.1) is 0 Å². The first-order valence-corrected chi connectivity index (χ1v) is 6.65. The molecule has 1 aliphatic carbocycles. The molecule has 0 heterocycles. The fourth-order valence-corrected chi connectivity index (χ4v) is 2.57. The van der Waals surface area contributed by atoms with Crippen LogP contribution in [0.4, 0.5) is 0 Å². The Hall–Kier alpha value is -1.84. The highest BCUT2D eigenvalue weighted by molar-refractivity contribution is 5.83. The highest BCUT2D eigenvalue weighted by Crippen LogP contribution is 2.27. The Morgan fingerprint density at radius 3 is 2.74 bits per heavy atom. The SMILES string of the molecule is C[C@H](NC(=O)CC1CCc2ccccc2C1)C(=O)O. The van der Waals surface area contributed by atoms with Crippen molar-refractivity contribution >= 4 is 11.9 Å². The monoisotopic (exact) mass is 261 g/mol. The van der Waals surface area contributed by atoms with Crippen LogP contribution in [0.25, 0.3) is 0 Å². The molecule has 2 rings (SSSR count). The average Bonchev–Trinajstić information content (AvgIpc) is 2.38. The second-order valence-electron chi connectivity index (χ2n) is 5.21. The Balaban J connectivity index is 1.88. The second-order valence-corrected chi connectivity index (χ2v) is 5.21. The fourth-order valence-electron chi connectivity index (χ4n) is 2.57. The standard InChI is InChI=1S/C15H19NO3/c1-10(15(18)19)16-14(17)9-11-6-7-12-4-2-3-5-13(12)8-11/h2-5,10-11H,6-9H2,1H3,(H,16,17)(H,18,19)/t10-,11?/m0/s1. The van der Waals surface area contributed by atoms with Crippen molar-refractivity contribution in [3.63, 3.8) is 0 Å². The van der Waals surface area contributed by atoms with Crippen molar-refractivity contribution in [1.29, 1.82) is 0 Å². The lowest BCUT2D eigenvalue weighted by Gasteiger charge is -2.24. The molecule has 4 nitrogen and oxygen atoms in total. The Kier molecular flexibility index (Phi) is 4.20. The van der Waals surface area contributed by atoms with Gasteiger partial charge in [0, 0.05) is 6.42 Å². The maximum Gasteiger partial charge on any atom is 0.325 e. The van der Waals surface area contributed by atoms with Crippen molar-refractivity contribution in [2.45, 2.75) is 38.6 Å². The third-order valence-corrected chi connectivity index (χ3v) is 3.67. The van der Waals surface area contributed by atoms with Crippen LogP contribution in [0.1, 0.15) is 30.9 Å². The highest BCUT2D eigenvalue weighted by atomic mass is 16.4. The number of fused-ring (bicyclic) bond motifs is 1. The second kappa shape index (κ2) is 5.87. The summed E-state index contributed by atoms with van der Waals surface area (Å²) < 4.78 is 0. The van der Waals surface area contributed by atoms with Gasteiger partial charge in [0.15, 0.2) is 0 Å². The molecule has 102 valence electrons. The zero-order valence-corrected chi connectivity index (χ0v) is 11.1. The first-order chi connectivity index (χ1) is 9.06. The maximum absolute atomic E-state index is 11.8. The fraction of sp³-hybridized carbons (Fsp3) is 0.467. The van der Waals surface area contributed by atoms with Crippen molar-refractivity contribution in [2.75, 3.05) is 0 Å². The minimum absolute atomic E-state index is 0.167. The number of benzene rings is 1. The first-order valence-electron chi connectivity index (χ1n) is 6.65. The van der Waals surface area contributed by atoms with Crippen LogP contribution in [0.3, 0.4) is 0 Å². The number of amides is 1. The Morgan fingerprint density at radius 2 is 2.05 bits per heavy atom. The lowest BCUT2D eigenvalue weighted by molar-refractivity contribution is -0.141. The summed E-state index contributed by atoms with van der Waals surface area (Å²) in [6, 6.07) is 7.49. The van der Waals surface area contributed by atoms with Gasteiger partial charge in [0.1, 0.15) is 6.04 Å². The molecule has 2 atom stereocenters. The van der Waals surface area contributed by atoms with Crippen LogP contribution in [0.5, 0.6) is 0 Å². The number of carbonyl (C=O) groups excluding carboxylic acids is 1. The van der Waals surface area contributed by atoms with E-state index in [-0.39, 0.29) is 5.91 Å². The van der Waals surface area contributed by atoms with E-state index < -0.39 is 12.0 Å². The van der Waals surface area contributed by atoms with Gasteiger partial charge >= 0.3 is 5.97 Å². The van der Waals surface area contributed by atoms with E-state index in [2.05, 4.69) is 17.4 Å². The number of nitrogens with one attached hydrogen (secondary N) is 1. The number of aliphatic carboxylic acids is 1. The molecule has 1 aromatic rings. The summed E-state index contributed by atoms with van der Waals surface area (Å²) in [6.45, 7) is 1.48. The van der Waals surface area contributed by atoms with E-state index in [1.54, 1.807) is 0 Å². The molecule has 0 spiro atoms. The molecule has 0 radical (unpaired) electrons. The molecule has 1 amide bonds. The third kappa shape index (κ3) is 3.56. The molecular weight excluding hydrogens is 242 g/mol. The van der Waals surface area contributed by atoms with Crippen LogP contribution in [0, 0.1) is 5.92 Å². The van der Waals surface area contributed by atoms with Crippen LogP contribution in [-0.4, -0.2) is 23.0 Å². The zero-order chi connectivity index (χ0) is 13.8. The number of rotatable bonds is 4. The summed E-state index contributed by atoms with van der Waals surface area (Å²) in [4.78, 5) is 22.4. The molecule has 1 aromatic carbocycles. The van der Waals surface area contributed by atoms with Gasteiger partial charge in [-0.25, -0.2) is 0 Å². The van der Waals surface area contributed by atoms with E-state index in [1.807, 2.05) is 12.1 Å². The van der Waals surface area contributed by atoms with E-state index in [4.69, 9.17) is 5.11 Å². The predicted octanol–water partition coefficient (Wildman–Crippen LogP) is 1.77. The largest absolute Gasteiger partial charge is 0.480 e. The number of hydrogen-bond donors (Lipinski definition) is 2. The number of hydrogen-bond acceptors (Lipinski definition) is 2. The van der Waals surface area contributed by atoms with Gasteiger partial charge in [-0.05, 0) is 43.2 Å². The quantitative estimate of drug-likeness (QED) is 0.868. The molecule has 0 aromatic heterocycles. The summed E-state index contributed by atoms with van der Waals surface area (Å²) in [5.74, 6) is -0.850. The molecule has 2 N–H and O–H groups in total. The Bertz CT molecular complexity index is 484. The van der Waals surface area contributed by atoms with Crippen molar-refractivity contribution in [3.8, 4) is 0 Å². The summed E-state index contributed by atoms with van der Waals surface area (Å²) in [5, 5.41) is 11.3. The van der Waals surface area contributed by atoms with Gasteiger partial charge in [0.2, 0.25) is 5.91 Å². The summed E-state index contributed by atoms with van der Waals surface area (Å²) >= 11 is 0. The molecule has 0 bridgehead atoms. The smallest absolute Gasteiger partial charge is 0.325 e. The molecule has 1 aliphatic rings. The maximum atomic E-state index is 11.8. The highest BCUT2D eigenvalue weighted by Gasteiger charge is 2.22. The number of carboxylic acid groups (broad SMARTS) is 1. The molecule has 19 heavy (non-hydrogen) atoms. The van der Waals surface area contributed by atoms with Crippen LogP contribution in [-0.2, 0) is 22.4 Å². The number of aryl methyl sites for hydroxylation is 1. The topological polar surface area (TPSA) is 66.4 Å². The first kappa shape index (κ1) is 13.6. The molecule has 0 aliphatic heterocycles. The number of carboxylic acids is 1. The Morgan fingerprint density at radius 1 is 1.37 bits per heavy atom. The molecule has 4 heteroatoms. The van der Waals surface area contributed by atoms with E-state index in [0.29, 0.717) is 12.3 Å². The van der Waals surface area contributed by atoms with Gasteiger partial charge in [-0.2, -0.15) is 0 Å². The van der Waals surface area contributed by atoms with Gasteiger partial charge < -0.3 is 10.4 Å². The van der Waals surface area contributed by atoms with E-state index in [1.165, 1.54) is 18.1 Å². The van der Waals surface area contributed by atoms with Crippen molar-refractivity contribution in [2.24, 2.45) is 5.92 Å². The Labute approximate surface area is 112 Å². The van der Waals surface area contributed by atoms with Crippen molar-refractivity contribution in [1.82, 2.24) is 5.32 Å². The van der Waals surface area contributed by atoms with Crippen LogP contribution in [0.2, 0.25) is 0 Å². The van der Waals surface area contributed by atoms with Gasteiger partial charge in [-0.3, -0.25) is 9.59 Å². The predicted molar refractivity (Wildman–Crippen MR) is 71.8 cm³/mol. The van der Waals surface area contributed by atoms with Crippen molar-refractivity contribution in [3.05, 3.63) is 35.4 Å². The lowest BCUT2D eigenvalue weighted by atomic mass is 9.82. The molecule has 0 saturated heterocycles. The van der Waals surface area contributed by atoms with E-state index >= 15 is 0 Å². The minimum Gasteiger partial charge on any atom is -0.480 e. The van der Waals surface area contributed by atoms with Crippen LogP contribution in [0.15, 0.2) is 24.3 Å². The zero-order valence-electron chi connectivity index (χ0n) is 11.1. The van der Waals surface area contributed by atoms with Crippen LogP contribution >= 0.6 is 0 Å². The normalized spacial score (nSPS) is 19.3. The lowest BCUT2D eigenvalue weighted by Crippen LogP contribution is -2.39.